The zero-order valence-corrected chi connectivity index (χ0v) is 17.2. The second-order valence-corrected chi connectivity index (χ2v) is 8.03. The summed E-state index contributed by atoms with van der Waals surface area (Å²) in [7, 11) is 0. The van der Waals surface area contributed by atoms with Crippen LogP contribution in [0.1, 0.15) is 18.4 Å². The van der Waals surface area contributed by atoms with Crippen molar-refractivity contribution in [3.8, 4) is 11.5 Å². The summed E-state index contributed by atoms with van der Waals surface area (Å²) in [6.45, 7) is 2.57. The SMILES string of the molecule is O=C(CSc1nnc(-c2ccc(Cl)cc2)o1)NCc1ccc(N2CCCC2)nc1. The van der Waals surface area contributed by atoms with E-state index in [1.165, 1.54) is 24.6 Å². The number of halogens is 1. The maximum atomic E-state index is 12.1. The summed E-state index contributed by atoms with van der Waals surface area (Å²) in [4.78, 5) is 18.9. The molecule has 0 aliphatic carbocycles. The molecule has 0 saturated carbocycles. The average Bonchev–Trinajstić information content (AvgIpc) is 3.44. The molecule has 0 atom stereocenters. The molecular weight excluding hydrogens is 410 g/mol. The van der Waals surface area contributed by atoms with E-state index in [1.54, 1.807) is 24.3 Å². The van der Waals surface area contributed by atoms with Crippen LogP contribution in [0, 0.1) is 0 Å². The van der Waals surface area contributed by atoms with Gasteiger partial charge in [-0.15, -0.1) is 10.2 Å². The minimum absolute atomic E-state index is 0.107. The first-order valence-electron chi connectivity index (χ1n) is 9.36. The number of carbonyl (C=O) groups is 1. The lowest BCUT2D eigenvalue weighted by Crippen LogP contribution is -2.25. The largest absolute Gasteiger partial charge is 0.411 e. The Morgan fingerprint density at radius 1 is 1.14 bits per heavy atom. The highest BCUT2D eigenvalue weighted by atomic mass is 35.5. The van der Waals surface area contributed by atoms with E-state index >= 15 is 0 Å². The molecule has 0 unspecified atom stereocenters. The second kappa shape index (κ2) is 9.28. The van der Waals surface area contributed by atoms with Gasteiger partial charge in [0.05, 0.1) is 5.75 Å². The first-order valence-corrected chi connectivity index (χ1v) is 10.7. The summed E-state index contributed by atoms with van der Waals surface area (Å²) in [5.41, 5.74) is 1.75. The van der Waals surface area contributed by atoms with Crippen molar-refractivity contribution < 1.29 is 9.21 Å². The zero-order chi connectivity index (χ0) is 20.1. The standard InChI is InChI=1S/C20H20ClN5O2S/c21-16-6-4-15(5-7-16)19-24-25-20(28-19)29-13-18(27)23-12-14-3-8-17(22-11-14)26-9-1-2-10-26/h3-8,11H,1-2,9-10,12-13H2,(H,23,27). The number of anilines is 1. The molecule has 4 rings (SSSR count). The number of thioether (sulfide) groups is 1. The molecule has 3 aromatic rings. The summed E-state index contributed by atoms with van der Waals surface area (Å²) in [6, 6.07) is 11.1. The van der Waals surface area contributed by atoms with Gasteiger partial charge in [-0.1, -0.05) is 29.4 Å². The molecule has 1 N–H and O–H groups in total. The zero-order valence-electron chi connectivity index (χ0n) is 15.7. The Morgan fingerprint density at radius 3 is 2.66 bits per heavy atom. The van der Waals surface area contributed by atoms with Crippen molar-refractivity contribution in [3.63, 3.8) is 0 Å². The van der Waals surface area contributed by atoms with Crippen LogP contribution >= 0.6 is 23.4 Å². The van der Waals surface area contributed by atoms with Crippen LogP contribution in [-0.2, 0) is 11.3 Å². The third-order valence-electron chi connectivity index (χ3n) is 4.55. The van der Waals surface area contributed by atoms with Gasteiger partial charge in [-0.05, 0) is 48.7 Å². The molecule has 1 amide bonds. The Kier molecular flexibility index (Phi) is 6.31. The van der Waals surface area contributed by atoms with Gasteiger partial charge in [-0.2, -0.15) is 0 Å². The molecule has 9 heteroatoms. The Labute approximate surface area is 177 Å². The molecule has 3 heterocycles. The van der Waals surface area contributed by atoms with Crippen molar-refractivity contribution in [2.45, 2.75) is 24.6 Å². The van der Waals surface area contributed by atoms with E-state index in [0.29, 0.717) is 22.7 Å². The predicted octanol–water partition coefficient (Wildman–Crippen LogP) is 3.79. The lowest BCUT2D eigenvalue weighted by molar-refractivity contribution is -0.118. The molecule has 1 fully saturated rings. The highest BCUT2D eigenvalue weighted by molar-refractivity contribution is 7.99. The van der Waals surface area contributed by atoms with Gasteiger partial charge in [0.25, 0.3) is 5.22 Å². The van der Waals surface area contributed by atoms with E-state index in [0.717, 1.165) is 30.0 Å². The summed E-state index contributed by atoms with van der Waals surface area (Å²) >= 11 is 7.08. The molecule has 0 spiro atoms. The fourth-order valence-corrected chi connectivity index (χ4v) is 3.73. The topological polar surface area (TPSA) is 84.1 Å². The maximum absolute atomic E-state index is 12.1. The number of pyridine rings is 1. The van der Waals surface area contributed by atoms with E-state index in [9.17, 15) is 4.79 Å². The number of nitrogens with one attached hydrogen (secondary N) is 1. The van der Waals surface area contributed by atoms with Crippen LogP contribution in [0.4, 0.5) is 5.82 Å². The highest BCUT2D eigenvalue weighted by Crippen LogP contribution is 2.24. The third kappa shape index (κ3) is 5.27. The van der Waals surface area contributed by atoms with Crippen molar-refractivity contribution >= 4 is 35.1 Å². The van der Waals surface area contributed by atoms with E-state index in [1.807, 2.05) is 18.3 Å². The fourth-order valence-electron chi connectivity index (χ4n) is 3.01. The van der Waals surface area contributed by atoms with Crippen LogP contribution < -0.4 is 10.2 Å². The summed E-state index contributed by atoms with van der Waals surface area (Å²) in [5.74, 6) is 1.49. The highest BCUT2D eigenvalue weighted by Gasteiger charge is 2.14. The van der Waals surface area contributed by atoms with Gasteiger partial charge in [-0.3, -0.25) is 4.79 Å². The molecule has 0 bridgehead atoms. The minimum atomic E-state index is -0.107. The van der Waals surface area contributed by atoms with E-state index in [2.05, 4.69) is 25.4 Å². The smallest absolute Gasteiger partial charge is 0.277 e. The third-order valence-corrected chi connectivity index (χ3v) is 5.62. The molecule has 29 heavy (non-hydrogen) atoms. The molecule has 1 aliphatic heterocycles. The molecule has 0 radical (unpaired) electrons. The van der Waals surface area contributed by atoms with Gasteiger partial charge >= 0.3 is 0 Å². The monoisotopic (exact) mass is 429 g/mol. The maximum Gasteiger partial charge on any atom is 0.277 e. The van der Waals surface area contributed by atoms with Crippen molar-refractivity contribution in [1.29, 1.82) is 0 Å². The molecular formula is C20H20ClN5O2S. The van der Waals surface area contributed by atoms with Crippen LogP contribution in [-0.4, -0.2) is 39.9 Å². The second-order valence-electron chi connectivity index (χ2n) is 6.66. The van der Waals surface area contributed by atoms with Gasteiger partial charge < -0.3 is 14.6 Å². The molecule has 2 aromatic heterocycles. The molecule has 1 aromatic carbocycles. The van der Waals surface area contributed by atoms with Crippen molar-refractivity contribution in [3.05, 3.63) is 53.2 Å². The Morgan fingerprint density at radius 2 is 1.93 bits per heavy atom. The first kappa shape index (κ1) is 19.7. The van der Waals surface area contributed by atoms with Gasteiger partial charge in [-0.25, -0.2) is 4.98 Å². The molecule has 1 saturated heterocycles. The van der Waals surface area contributed by atoms with E-state index in [4.69, 9.17) is 16.0 Å². The van der Waals surface area contributed by atoms with E-state index in [-0.39, 0.29) is 11.7 Å². The molecule has 7 nitrogen and oxygen atoms in total. The number of hydrogen-bond donors (Lipinski definition) is 1. The summed E-state index contributed by atoms with van der Waals surface area (Å²) < 4.78 is 5.59. The Balaban J connectivity index is 1.23. The van der Waals surface area contributed by atoms with Crippen LogP contribution in [0.5, 0.6) is 0 Å². The average molecular weight is 430 g/mol. The predicted molar refractivity (Wildman–Crippen MR) is 113 cm³/mol. The first-order chi connectivity index (χ1) is 14.2. The normalized spacial score (nSPS) is 13.6. The van der Waals surface area contributed by atoms with Crippen LogP contribution in [0.2, 0.25) is 5.02 Å². The van der Waals surface area contributed by atoms with Crippen molar-refractivity contribution in [2.75, 3.05) is 23.7 Å². The fraction of sp³-hybridized carbons (Fsp3) is 0.300. The number of rotatable bonds is 7. The van der Waals surface area contributed by atoms with Gasteiger partial charge in [0.2, 0.25) is 11.8 Å². The number of carbonyl (C=O) groups excluding carboxylic acids is 1. The molecule has 1 aliphatic rings. The van der Waals surface area contributed by atoms with Gasteiger partial charge in [0.1, 0.15) is 5.82 Å². The molecule has 150 valence electrons. The number of benzene rings is 1. The Bertz CT molecular complexity index is 956. The lowest BCUT2D eigenvalue weighted by atomic mass is 10.2. The van der Waals surface area contributed by atoms with Crippen LogP contribution in [0.25, 0.3) is 11.5 Å². The van der Waals surface area contributed by atoms with Crippen LogP contribution in [0.3, 0.4) is 0 Å². The van der Waals surface area contributed by atoms with Gasteiger partial charge in [0.15, 0.2) is 0 Å². The van der Waals surface area contributed by atoms with Crippen molar-refractivity contribution in [1.82, 2.24) is 20.5 Å². The number of aromatic nitrogens is 3. The Hall–Kier alpha value is -2.58. The van der Waals surface area contributed by atoms with Crippen molar-refractivity contribution in [2.24, 2.45) is 0 Å². The number of amides is 1. The summed E-state index contributed by atoms with van der Waals surface area (Å²) in [6.07, 6.45) is 4.26. The quantitative estimate of drug-likeness (QED) is 0.572. The summed E-state index contributed by atoms with van der Waals surface area (Å²) in [5, 5.41) is 11.8. The van der Waals surface area contributed by atoms with Gasteiger partial charge in [0, 0.05) is 36.4 Å². The minimum Gasteiger partial charge on any atom is -0.411 e. The van der Waals surface area contributed by atoms with E-state index < -0.39 is 0 Å². The number of nitrogens with zero attached hydrogens (tertiary/aromatic N) is 4. The van der Waals surface area contributed by atoms with Crippen LogP contribution in [0.15, 0.2) is 52.2 Å². The number of hydrogen-bond acceptors (Lipinski definition) is 7. The lowest BCUT2D eigenvalue weighted by Gasteiger charge is -2.16.